The highest BCUT2D eigenvalue weighted by Crippen LogP contribution is 2.18. The van der Waals surface area contributed by atoms with E-state index in [1.165, 1.54) is 0 Å². The highest BCUT2D eigenvalue weighted by molar-refractivity contribution is 5.41. The zero-order valence-electron chi connectivity index (χ0n) is 10.5. The molecule has 2 saturated heterocycles. The van der Waals surface area contributed by atoms with Crippen LogP contribution in [-0.2, 0) is 4.74 Å². The summed E-state index contributed by atoms with van der Waals surface area (Å²) in [7, 11) is 0. The fourth-order valence-corrected chi connectivity index (χ4v) is 2.34. The first kappa shape index (κ1) is 11.7. The summed E-state index contributed by atoms with van der Waals surface area (Å²) in [4.78, 5) is 6.82. The Morgan fingerprint density at radius 3 is 3.00 bits per heavy atom. The standard InChI is InChI=1S/C13H19N3O2/c1-2-12(16-6-8-17-9-7-16)15-13(3-1)18-11-4-5-14-10-11/h1-3,11,14H,4-10H2. The average molecular weight is 249 g/mol. The molecule has 0 aromatic carbocycles. The molecule has 0 spiro atoms. The Morgan fingerprint density at radius 2 is 2.22 bits per heavy atom. The van der Waals surface area contributed by atoms with Crippen molar-refractivity contribution < 1.29 is 9.47 Å². The van der Waals surface area contributed by atoms with Crippen LogP contribution < -0.4 is 15.0 Å². The molecule has 1 aromatic rings. The van der Waals surface area contributed by atoms with Crippen molar-refractivity contribution in [3.8, 4) is 5.88 Å². The molecule has 1 N–H and O–H groups in total. The number of hydrogen-bond donors (Lipinski definition) is 1. The van der Waals surface area contributed by atoms with Crippen LogP contribution in [0.15, 0.2) is 18.2 Å². The largest absolute Gasteiger partial charge is 0.473 e. The number of pyridine rings is 1. The molecule has 5 heteroatoms. The van der Waals surface area contributed by atoms with Crippen molar-refractivity contribution in [2.75, 3.05) is 44.3 Å². The van der Waals surface area contributed by atoms with Crippen molar-refractivity contribution in [3.05, 3.63) is 18.2 Å². The second-order valence-electron chi connectivity index (χ2n) is 4.67. The molecule has 0 aliphatic carbocycles. The van der Waals surface area contributed by atoms with E-state index in [0.717, 1.165) is 57.5 Å². The smallest absolute Gasteiger partial charge is 0.215 e. The third-order valence-electron chi connectivity index (χ3n) is 3.35. The molecule has 2 fully saturated rings. The van der Waals surface area contributed by atoms with Crippen LogP contribution in [0.3, 0.4) is 0 Å². The summed E-state index contributed by atoms with van der Waals surface area (Å²) in [6.07, 6.45) is 1.32. The van der Waals surface area contributed by atoms with Crippen molar-refractivity contribution in [3.63, 3.8) is 0 Å². The maximum Gasteiger partial charge on any atom is 0.215 e. The van der Waals surface area contributed by atoms with E-state index >= 15 is 0 Å². The maximum absolute atomic E-state index is 5.88. The van der Waals surface area contributed by atoms with Gasteiger partial charge in [0.1, 0.15) is 11.9 Å². The number of aromatic nitrogens is 1. The van der Waals surface area contributed by atoms with E-state index in [1.807, 2.05) is 18.2 Å². The zero-order chi connectivity index (χ0) is 12.2. The lowest BCUT2D eigenvalue weighted by molar-refractivity contribution is 0.122. The van der Waals surface area contributed by atoms with Gasteiger partial charge >= 0.3 is 0 Å². The Labute approximate surface area is 107 Å². The minimum absolute atomic E-state index is 0.262. The normalized spacial score (nSPS) is 24.2. The number of morpholine rings is 1. The summed E-state index contributed by atoms with van der Waals surface area (Å²) in [6, 6.07) is 5.98. The molecule has 1 unspecified atom stereocenters. The highest BCUT2D eigenvalue weighted by atomic mass is 16.5. The molecule has 1 atom stereocenters. The van der Waals surface area contributed by atoms with Crippen molar-refractivity contribution in [1.82, 2.24) is 10.3 Å². The monoisotopic (exact) mass is 249 g/mol. The first-order valence-corrected chi connectivity index (χ1v) is 6.59. The quantitative estimate of drug-likeness (QED) is 0.852. The van der Waals surface area contributed by atoms with Gasteiger partial charge in [0.2, 0.25) is 5.88 Å². The first-order valence-electron chi connectivity index (χ1n) is 6.59. The molecule has 0 amide bonds. The summed E-state index contributed by atoms with van der Waals surface area (Å²) in [5.74, 6) is 1.72. The molecule has 2 aliphatic rings. The van der Waals surface area contributed by atoms with Gasteiger partial charge in [-0.25, -0.2) is 0 Å². The Hall–Kier alpha value is -1.33. The third-order valence-corrected chi connectivity index (χ3v) is 3.35. The third kappa shape index (κ3) is 2.73. The topological polar surface area (TPSA) is 46.6 Å². The average Bonchev–Trinajstić information content (AvgIpc) is 2.93. The van der Waals surface area contributed by atoms with Crippen LogP contribution in [0.25, 0.3) is 0 Å². The molecule has 3 rings (SSSR count). The molecule has 0 saturated carbocycles. The molecule has 1 aromatic heterocycles. The minimum Gasteiger partial charge on any atom is -0.473 e. The zero-order valence-corrected chi connectivity index (χ0v) is 10.5. The molecule has 0 bridgehead atoms. The van der Waals surface area contributed by atoms with E-state index in [0.29, 0.717) is 0 Å². The van der Waals surface area contributed by atoms with Gasteiger partial charge in [-0.15, -0.1) is 0 Å². The van der Waals surface area contributed by atoms with E-state index in [2.05, 4.69) is 15.2 Å². The van der Waals surface area contributed by atoms with Crippen molar-refractivity contribution in [1.29, 1.82) is 0 Å². The molecular formula is C13H19N3O2. The van der Waals surface area contributed by atoms with E-state index in [9.17, 15) is 0 Å². The Morgan fingerprint density at radius 1 is 1.33 bits per heavy atom. The van der Waals surface area contributed by atoms with Gasteiger partial charge in [0, 0.05) is 25.7 Å². The Bertz CT molecular complexity index is 388. The Kier molecular flexibility index (Phi) is 3.61. The summed E-state index contributed by atoms with van der Waals surface area (Å²) in [5.41, 5.74) is 0. The fraction of sp³-hybridized carbons (Fsp3) is 0.615. The van der Waals surface area contributed by atoms with Gasteiger partial charge in [-0.1, -0.05) is 6.07 Å². The van der Waals surface area contributed by atoms with Gasteiger partial charge < -0.3 is 19.7 Å². The van der Waals surface area contributed by atoms with Gasteiger partial charge in [-0.2, -0.15) is 4.98 Å². The number of ether oxygens (including phenoxy) is 2. The highest BCUT2D eigenvalue weighted by Gasteiger charge is 2.17. The number of rotatable bonds is 3. The van der Waals surface area contributed by atoms with Gasteiger partial charge in [0.15, 0.2) is 0 Å². The summed E-state index contributed by atoms with van der Waals surface area (Å²) in [5, 5.41) is 3.29. The van der Waals surface area contributed by atoms with Gasteiger partial charge in [-0.05, 0) is 19.0 Å². The second kappa shape index (κ2) is 5.54. The molecule has 98 valence electrons. The lowest BCUT2D eigenvalue weighted by atomic mass is 10.3. The van der Waals surface area contributed by atoms with Gasteiger partial charge in [-0.3, -0.25) is 0 Å². The molecule has 5 nitrogen and oxygen atoms in total. The van der Waals surface area contributed by atoms with Crippen LogP contribution in [0.4, 0.5) is 5.82 Å². The number of anilines is 1. The summed E-state index contributed by atoms with van der Waals surface area (Å²) >= 11 is 0. The Balaban J connectivity index is 1.67. The molecule has 0 radical (unpaired) electrons. The summed E-state index contributed by atoms with van der Waals surface area (Å²) in [6.45, 7) is 5.32. The van der Waals surface area contributed by atoms with E-state index in [-0.39, 0.29) is 6.10 Å². The van der Waals surface area contributed by atoms with Crippen LogP contribution >= 0.6 is 0 Å². The number of nitrogens with zero attached hydrogens (tertiary/aromatic N) is 2. The maximum atomic E-state index is 5.88. The molecule has 18 heavy (non-hydrogen) atoms. The lowest BCUT2D eigenvalue weighted by Crippen LogP contribution is -2.36. The van der Waals surface area contributed by atoms with E-state index in [4.69, 9.17) is 9.47 Å². The van der Waals surface area contributed by atoms with Crippen molar-refractivity contribution >= 4 is 5.82 Å². The summed E-state index contributed by atoms with van der Waals surface area (Å²) < 4.78 is 11.2. The predicted molar refractivity (Wildman–Crippen MR) is 69.2 cm³/mol. The molecule has 2 aliphatic heterocycles. The predicted octanol–water partition coefficient (Wildman–Crippen LogP) is 0.659. The number of hydrogen-bond acceptors (Lipinski definition) is 5. The fourth-order valence-electron chi connectivity index (χ4n) is 2.34. The van der Waals surface area contributed by atoms with Crippen LogP contribution in [-0.4, -0.2) is 50.5 Å². The van der Waals surface area contributed by atoms with Gasteiger partial charge in [0.25, 0.3) is 0 Å². The minimum atomic E-state index is 0.262. The van der Waals surface area contributed by atoms with Crippen LogP contribution in [0.2, 0.25) is 0 Å². The lowest BCUT2D eigenvalue weighted by Gasteiger charge is -2.28. The van der Waals surface area contributed by atoms with Crippen LogP contribution in [0.5, 0.6) is 5.88 Å². The van der Waals surface area contributed by atoms with Crippen LogP contribution in [0.1, 0.15) is 6.42 Å². The molecule has 3 heterocycles. The number of nitrogens with one attached hydrogen (secondary N) is 1. The first-order chi connectivity index (χ1) is 8.92. The molecular weight excluding hydrogens is 230 g/mol. The van der Waals surface area contributed by atoms with Gasteiger partial charge in [0.05, 0.1) is 13.2 Å². The van der Waals surface area contributed by atoms with E-state index < -0.39 is 0 Å². The SMILES string of the molecule is c1cc(OC2CCNC2)nc(N2CCOCC2)c1. The van der Waals surface area contributed by atoms with E-state index in [1.54, 1.807) is 0 Å². The second-order valence-corrected chi connectivity index (χ2v) is 4.67. The van der Waals surface area contributed by atoms with Crippen molar-refractivity contribution in [2.45, 2.75) is 12.5 Å². The van der Waals surface area contributed by atoms with Crippen LogP contribution in [0, 0.1) is 0 Å². The van der Waals surface area contributed by atoms with Crippen molar-refractivity contribution in [2.24, 2.45) is 0 Å².